The molecule has 1 aliphatic rings. The number of hydrogen-bond donors (Lipinski definition) is 3. The van der Waals surface area contributed by atoms with Gasteiger partial charge >= 0.3 is 11.9 Å². The van der Waals surface area contributed by atoms with E-state index >= 15 is 0 Å². The summed E-state index contributed by atoms with van der Waals surface area (Å²) in [5, 5.41) is 14.5. The molecule has 0 fully saturated rings. The lowest BCUT2D eigenvalue weighted by atomic mass is 10.1. The van der Waals surface area contributed by atoms with Crippen molar-refractivity contribution in [2.45, 2.75) is 26.0 Å². The second-order valence-corrected chi connectivity index (χ2v) is 8.18. The summed E-state index contributed by atoms with van der Waals surface area (Å²) in [6.07, 6.45) is -0.763. The van der Waals surface area contributed by atoms with Crippen LogP contribution in [0.15, 0.2) is 30.3 Å². The zero-order valence-corrected chi connectivity index (χ0v) is 18.7. The Kier molecular flexibility index (Phi) is 8.39. The molecule has 0 saturated heterocycles. The molecule has 3 N–H and O–H groups in total. The van der Waals surface area contributed by atoms with Gasteiger partial charge in [0.15, 0.2) is 6.61 Å². The predicted molar refractivity (Wildman–Crippen MR) is 118 cm³/mol. The first kappa shape index (κ1) is 24.2. The molecule has 0 spiro atoms. The number of fused-ring (bicyclic) bond motifs is 1. The van der Waals surface area contributed by atoms with Crippen LogP contribution >= 0.6 is 11.3 Å². The summed E-state index contributed by atoms with van der Waals surface area (Å²) >= 11 is 1.39. The van der Waals surface area contributed by atoms with E-state index in [1.54, 1.807) is 13.0 Å². The fourth-order valence-corrected chi connectivity index (χ4v) is 4.19. The highest BCUT2D eigenvalue weighted by Gasteiger charge is 2.31. The maximum Gasteiger partial charge on any atom is 0.355 e. The van der Waals surface area contributed by atoms with Gasteiger partial charge in [-0.2, -0.15) is 0 Å². The molecule has 0 radical (unpaired) electrons. The molecule has 1 aromatic heterocycles. The molecule has 1 aromatic carbocycles. The number of hydrogen-bond acceptors (Lipinski definition) is 9. The predicted octanol–water partition coefficient (Wildman–Crippen LogP) is 1.17. The van der Waals surface area contributed by atoms with E-state index in [0.29, 0.717) is 11.4 Å². The van der Waals surface area contributed by atoms with Crippen LogP contribution in [0.5, 0.6) is 11.5 Å². The smallest absolute Gasteiger partial charge is 0.355 e. The number of Topliss-reactive ketones (excluding diaryl/α,β-unsaturated/α-hetero) is 1. The first-order valence-corrected chi connectivity index (χ1v) is 11.1. The Balaban J connectivity index is 1.65. The third-order valence-corrected chi connectivity index (χ3v) is 5.84. The van der Waals surface area contributed by atoms with E-state index in [0.717, 1.165) is 23.4 Å². The van der Waals surface area contributed by atoms with Gasteiger partial charge in [-0.05, 0) is 37.1 Å². The number of carbonyl (C=O) groups is 4. The Morgan fingerprint density at radius 1 is 1.21 bits per heavy atom. The Bertz CT molecular complexity index is 1010. The number of carbonyl (C=O) groups excluding carboxylic acids is 3. The molecule has 10 nitrogen and oxygen atoms in total. The summed E-state index contributed by atoms with van der Waals surface area (Å²) in [5.74, 6) is -2.86. The highest BCUT2D eigenvalue weighted by molar-refractivity contribution is 7.14. The molecule has 3 rings (SSSR count). The van der Waals surface area contributed by atoms with Gasteiger partial charge in [-0.3, -0.25) is 9.59 Å². The van der Waals surface area contributed by atoms with Crippen LogP contribution in [-0.2, 0) is 32.1 Å². The molecule has 2 aromatic rings. The second-order valence-electron chi connectivity index (χ2n) is 7.04. The molecule has 0 aliphatic carbocycles. The van der Waals surface area contributed by atoms with Crippen LogP contribution in [0.2, 0.25) is 0 Å². The molecule has 1 atom stereocenters. The number of rotatable bonds is 11. The fraction of sp³-hybridized carbons (Fsp3) is 0.364. The third kappa shape index (κ3) is 6.77. The first-order chi connectivity index (χ1) is 15.9. The lowest BCUT2D eigenvalue weighted by molar-refractivity contribution is -0.155. The average Bonchev–Trinajstić information content (AvgIpc) is 3.24. The van der Waals surface area contributed by atoms with E-state index in [1.807, 2.05) is 0 Å². The number of carboxylic acid groups (broad SMARTS) is 1. The standard InChI is InChI=1S/C22H24N2O8S/c1-2-30-22(29)20(32-15-5-3-4-14(9-15)31-12-19(26)27)16(25)11-24-21(28)18-8-13-10-23-7-6-17(13)33-18/h3-5,8-9,20,23H,2,6-7,10-12H2,1H3,(H,24,28)(H,26,27). The minimum absolute atomic E-state index is 0.0366. The van der Waals surface area contributed by atoms with Crippen molar-refractivity contribution in [1.82, 2.24) is 10.6 Å². The summed E-state index contributed by atoms with van der Waals surface area (Å²) in [7, 11) is 0. The summed E-state index contributed by atoms with van der Waals surface area (Å²) in [6.45, 7) is 2.19. The van der Waals surface area contributed by atoms with Crippen molar-refractivity contribution < 1.29 is 38.5 Å². The fourth-order valence-electron chi connectivity index (χ4n) is 3.09. The number of aliphatic carboxylic acids is 1. The molecule has 1 unspecified atom stereocenters. The Hall–Kier alpha value is -3.44. The van der Waals surface area contributed by atoms with Gasteiger partial charge in [-0.1, -0.05) is 6.07 Å². The number of ketones is 1. The highest BCUT2D eigenvalue weighted by Crippen LogP contribution is 2.25. The molecule has 11 heteroatoms. The van der Waals surface area contributed by atoms with Crippen molar-refractivity contribution in [3.8, 4) is 11.5 Å². The zero-order chi connectivity index (χ0) is 23.8. The number of thiophene rings is 1. The molecule has 2 heterocycles. The van der Waals surface area contributed by atoms with E-state index in [9.17, 15) is 19.2 Å². The van der Waals surface area contributed by atoms with Crippen molar-refractivity contribution in [3.05, 3.63) is 45.6 Å². The largest absolute Gasteiger partial charge is 0.482 e. The van der Waals surface area contributed by atoms with E-state index in [1.165, 1.54) is 35.6 Å². The molecule has 33 heavy (non-hydrogen) atoms. The van der Waals surface area contributed by atoms with Gasteiger partial charge in [0.25, 0.3) is 12.0 Å². The maximum atomic E-state index is 12.7. The number of amides is 1. The summed E-state index contributed by atoms with van der Waals surface area (Å²) in [6, 6.07) is 7.66. The van der Waals surface area contributed by atoms with E-state index in [4.69, 9.17) is 19.3 Å². The first-order valence-electron chi connectivity index (χ1n) is 10.3. The van der Waals surface area contributed by atoms with Gasteiger partial charge in [0, 0.05) is 24.0 Å². The molecular formula is C22H24N2O8S. The van der Waals surface area contributed by atoms with Crippen LogP contribution < -0.4 is 20.1 Å². The molecule has 0 bridgehead atoms. The van der Waals surface area contributed by atoms with E-state index in [2.05, 4.69) is 10.6 Å². The van der Waals surface area contributed by atoms with Crippen LogP contribution in [0, 0.1) is 0 Å². The molecule has 1 amide bonds. The van der Waals surface area contributed by atoms with Crippen molar-refractivity contribution in [2.75, 3.05) is 26.3 Å². The Labute approximate surface area is 193 Å². The third-order valence-electron chi connectivity index (χ3n) is 4.60. The topological polar surface area (TPSA) is 140 Å². The second kappa shape index (κ2) is 11.4. The van der Waals surface area contributed by atoms with Gasteiger partial charge in [-0.25, -0.2) is 9.59 Å². The number of ether oxygens (including phenoxy) is 3. The Morgan fingerprint density at radius 3 is 2.73 bits per heavy atom. The number of nitrogens with one attached hydrogen (secondary N) is 2. The van der Waals surface area contributed by atoms with Crippen molar-refractivity contribution in [3.63, 3.8) is 0 Å². The zero-order valence-electron chi connectivity index (χ0n) is 17.9. The van der Waals surface area contributed by atoms with Gasteiger partial charge < -0.3 is 30.0 Å². The van der Waals surface area contributed by atoms with Crippen LogP contribution in [0.25, 0.3) is 0 Å². The summed E-state index contributed by atoms with van der Waals surface area (Å²) in [5.41, 5.74) is 1.07. The minimum Gasteiger partial charge on any atom is -0.482 e. The molecule has 0 saturated carbocycles. The summed E-state index contributed by atoms with van der Waals surface area (Å²) < 4.78 is 15.6. The summed E-state index contributed by atoms with van der Waals surface area (Å²) in [4.78, 5) is 49.9. The quantitative estimate of drug-likeness (QED) is 0.322. The van der Waals surface area contributed by atoms with Gasteiger partial charge in [0.2, 0.25) is 5.78 Å². The van der Waals surface area contributed by atoms with Gasteiger partial charge in [0.05, 0.1) is 18.0 Å². The van der Waals surface area contributed by atoms with Crippen molar-refractivity contribution in [1.29, 1.82) is 0 Å². The van der Waals surface area contributed by atoms with Crippen molar-refractivity contribution in [2.24, 2.45) is 0 Å². The lowest BCUT2D eigenvalue weighted by Crippen LogP contribution is -2.43. The monoisotopic (exact) mass is 476 g/mol. The highest BCUT2D eigenvalue weighted by atomic mass is 32.1. The number of carboxylic acids is 1. The molecule has 1 aliphatic heterocycles. The van der Waals surface area contributed by atoms with Crippen LogP contribution in [0.1, 0.15) is 27.0 Å². The normalized spacial score (nSPS) is 13.4. The number of benzene rings is 1. The maximum absolute atomic E-state index is 12.7. The van der Waals surface area contributed by atoms with Gasteiger partial charge in [0.1, 0.15) is 11.5 Å². The Morgan fingerprint density at radius 2 is 2.00 bits per heavy atom. The van der Waals surface area contributed by atoms with E-state index < -0.39 is 42.9 Å². The minimum atomic E-state index is -1.61. The number of esters is 1. The SMILES string of the molecule is CCOC(=O)C(Oc1cccc(OCC(=O)O)c1)C(=O)CNC(=O)c1cc2c(s1)CCNC2. The van der Waals surface area contributed by atoms with Crippen molar-refractivity contribution >= 4 is 35.0 Å². The molecular weight excluding hydrogens is 452 g/mol. The average molecular weight is 477 g/mol. The van der Waals surface area contributed by atoms with Gasteiger partial charge in [-0.15, -0.1) is 11.3 Å². The van der Waals surface area contributed by atoms with E-state index in [-0.39, 0.29) is 18.1 Å². The van der Waals surface area contributed by atoms with Crippen LogP contribution in [-0.4, -0.2) is 61.1 Å². The van der Waals surface area contributed by atoms with Crippen LogP contribution in [0.3, 0.4) is 0 Å². The lowest BCUT2D eigenvalue weighted by Gasteiger charge is -2.17. The van der Waals surface area contributed by atoms with Crippen LogP contribution in [0.4, 0.5) is 0 Å². The molecule has 176 valence electrons.